The van der Waals surface area contributed by atoms with Gasteiger partial charge in [-0.3, -0.25) is 10.1 Å². The third-order valence-electron chi connectivity index (χ3n) is 2.04. The fourth-order valence-electron chi connectivity index (χ4n) is 1.16. The summed E-state index contributed by atoms with van der Waals surface area (Å²) in [4.78, 5) is 9.67. The Morgan fingerprint density at radius 3 is 2.50 bits per heavy atom. The van der Waals surface area contributed by atoms with Crippen LogP contribution in [0.3, 0.4) is 0 Å². The summed E-state index contributed by atoms with van der Waals surface area (Å²) in [6.07, 6.45) is -5.92. The molecule has 6 nitrogen and oxygen atoms in total. The first-order chi connectivity index (χ1) is 9.03. The summed E-state index contributed by atoms with van der Waals surface area (Å²) in [6, 6.07) is 0.763. The highest BCUT2D eigenvalue weighted by Gasteiger charge is 2.28. The SMILES string of the molecule is O=[N+]([O-])c1cc(S(=O)(=O)NCCCC(F)(F)F)sc1Cl. The van der Waals surface area contributed by atoms with E-state index in [1.54, 1.807) is 0 Å². The molecule has 1 aromatic rings. The van der Waals surface area contributed by atoms with Gasteiger partial charge in [0.05, 0.1) is 4.92 Å². The summed E-state index contributed by atoms with van der Waals surface area (Å²) >= 11 is 5.97. The van der Waals surface area contributed by atoms with Crippen LogP contribution in [0.15, 0.2) is 10.3 Å². The van der Waals surface area contributed by atoms with Crippen LogP contribution in [0.4, 0.5) is 18.9 Å². The van der Waals surface area contributed by atoms with Gasteiger partial charge < -0.3 is 0 Å². The van der Waals surface area contributed by atoms with E-state index in [2.05, 4.69) is 0 Å². The predicted molar refractivity (Wildman–Crippen MR) is 66.5 cm³/mol. The zero-order chi connectivity index (χ0) is 15.6. The Morgan fingerprint density at radius 2 is 2.05 bits per heavy atom. The molecule has 20 heavy (non-hydrogen) atoms. The molecule has 0 aromatic carbocycles. The van der Waals surface area contributed by atoms with Crippen molar-refractivity contribution < 1.29 is 26.5 Å². The van der Waals surface area contributed by atoms with Gasteiger partial charge in [0.15, 0.2) is 4.34 Å². The fourth-order valence-corrected chi connectivity index (χ4v) is 3.94. The third-order valence-corrected chi connectivity index (χ3v) is 5.31. The molecule has 0 aliphatic heterocycles. The van der Waals surface area contributed by atoms with E-state index in [0.29, 0.717) is 11.3 Å². The van der Waals surface area contributed by atoms with Crippen LogP contribution in [-0.4, -0.2) is 26.1 Å². The van der Waals surface area contributed by atoms with Gasteiger partial charge in [-0.25, -0.2) is 13.1 Å². The number of halogens is 4. The van der Waals surface area contributed by atoms with E-state index in [9.17, 15) is 31.7 Å². The molecule has 0 atom stereocenters. The molecule has 0 amide bonds. The summed E-state index contributed by atoms with van der Waals surface area (Å²) in [5.74, 6) is 0. The van der Waals surface area contributed by atoms with Crippen molar-refractivity contribution in [3.05, 3.63) is 20.5 Å². The maximum atomic E-state index is 11.9. The fraction of sp³-hybridized carbons (Fsp3) is 0.500. The van der Waals surface area contributed by atoms with E-state index in [1.165, 1.54) is 0 Å². The zero-order valence-electron chi connectivity index (χ0n) is 9.61. The molecule has 0 bridgehead atoms. The molecule has 0 aliphatic carbocycles. The Morgan fingerprint density at radius 1 is 1.45 bits per heavy atom. The minimum Gasteiger partial charge on any atom is -0.258 e. The molecule has 0 aliphatic rings. The van der Waals surface area contributed by atoms with Gasteiger partial charge in [0.2, 0.25) is 10.0 Å². The molecular formula is C8H8ClF3N2O4S2. The minimum atomic E-state index is -4.36. The number of nitrogens with one attached hydrogen (secondary N) is 1. The Kier molecular flexibility index (Phi) is 5.35. The third kappa shape index (κ3) is 4.89. The largest absolute Gasteiger partial charge is 0.389 e. The maximum Gasteiger partial charge on any atom is 0.389 e. The summed E-state index contributed by atoms with van der Waals surface area (Å²) in [6.45, 7) is -0.425. The average Bonchev–Trinajstić information content (AvgIpc) is 2.66. The molecule has 0 spiro atoms. The van der Waals surface area contributed by atoms with Crippen molar-refractivity contribution >= 4 is 38.6 Å². The van der Waals surface area contributed by atoms with E-state index < -0.39 is 50.4 Å². The van der Waals surface area contributed by atoms with Crippen LogP contribution in [0.2, 0.25) is 4.34 Å². The minimum absolute atomic E-state index is 0.314. The van der Waals surface area contributed by atoms with E-state index >= 15 is 0 Å². The number of nitro groups is 1. The normalized spacial score (nSPS) is 12.6. The van der Waals surface area contributed by atoms with Gasteiger partial charge in [-0.1, -0.05) is 11.6 Å². The Labute approximate surface area is 120 Å². The second kappa shape index (κ2) is 6.24. The van der Waals surface area contributed by atoms with Gasteiger partial charge in [-0.05, 0) is 6.42 Å². The molecule has 1 aromatic heterocycles. The van der Waals surface area contributed by atoms with Crippen molar-refractivity contribution in [2.24, 2.45) is 0 Å². The maximum absolute atomic E-state index is 11.9. The van der Waals surface area contributed by atoms with Gasteiger partial charge >= 0.3 is 6.18 Å². The molecule has 0 saturated carbocycles. The van der Waals surface area contributed by atoms with Crippen molar-refractivity contribution in [3.63, 3.8) is 0 Å². The van der Waals surface area contributed by atoms with Crippen molar-refractivity contribution in [3.8, 4) is 0 Å². The van der Waals surface area contributed by atoms with Crippen LogP contribution < -0.4 is 4.72 Å². The highest BCUT2D eigenvalue weighted by molar-refractivity contribution is 7.91. The number of hydrogen-bond acceptors (Lipinski definition) is 5. The number of nitrogens with zero attached hydrogens (tertiary/aromatic N) is 1. The smallest absolute Gasteiger partial charge is 0.258 e. The number of alkyl halides is 3. The molecule has 0 fully saturated rings. The molecule has 12 heteroatoms. The number of rotatable bonds is 6. The van der Waals surface area contributed by atoms with E-state index in [-0.39, 0.29) is 4.34 Å². The van der Waals surface area contributed by atoms with Gasteiger partial charge in [0.25, 0.3) is 5.69 Å². The van der Waals surface area contributed by atoms with Crippen molar-refractivity contribution in [2.45, 2.75) is 23.2 Å². The van der Waals surface area contributed by atoms with Crippen LogP contribution in [0.25, 0.3) is 0 Å². The molecule has 0 saturated heterocycles. The lowest BCUT2D eigenvalue weighted by Crippen LogP contribution is -2.25. The summed E-state index contributed by atoms with van der Waals surface area (Å²) in [5, 5.41) is 10.5. The molecule has 1 rings (SSSR count). The molecule has 0 radical (unpaired) electrons. The Hall–Kier alpha value is -0.910. The standard InChI is InChI=1S/C8H8ClF3N2O4S2/c9-7-5(14(15)16)4-6(19-7)20(17,18)13-3-1-2-8(10,11)12/h4,13H,1-3H2. The summed E-state index contributed by atoms with van der Waals surface area (Å²) in [7, 11) is -4.10. The van der Waals surface area contributed by atoms with Crippen LogP contribution in [0.5, 0.6) is 0 Å². The predicted octanol–water partition coefficient (Wildman–Crippen LogP) is 2.93. The molecular weight excluding hydrogens is 345 g/mol. The van der Waals surface area contributed by atoms with Crippen molar-refractivity contribution in [1.29, 1.82) is 0 Å². The van der Waals surface area contributed by atoms with E-state index in [1.807, 2.05) is 4.72 Å². The molecule has 114 valence electrons. The van der Waals surface area contributed by atoms with Crippen molar-refractivity contribution in [1.82, 2.24) is 4.72 Å². The summed E-state index contributed by atoms with van der Waals surface area (Å²) in [5.41, 5.74) is -0.563. The van der Waals surface area contributed by atoms with E-state index in [0.717, 1.165) is 6.07 Å². The zero-order valence-corrected chi connectivity index (χ0v) is 12.0. The topological polar surface area (TPSA) is 89.3 Å². The van der Waals surface area contributed by atoms with Gasteiger partial charge in [0, 0.05) is 19.0 Å². The lowest BCUT2D eigenvalue weighted by atomic mass is 10.3. The van der Waals surface area contributed by atoms with E-state index in [4.69, 9.17) is 11.6 Å². The van der Waals surface area contributed by atoms with Gasteiger partial charge in [-0.2, -0.15) is 13.2 Å². The highest BCUT2D eigenvalue weighted by atomic mass is 35.5. The Balaban J connectivity index is 2.70. The lowest BCUT2D eigenvalue weighted by Gasteiger charge is -2.06. The Bertz CT molecular complexity index is 599. The number of hydrogen-bond donors (Lipinski definition) is 1. The van der Waals surface area contributed by atoms with Gasteiger partial charge in [0.1, 0.15) is 4.21 Å². The molecule has 1 N–H and O–H groups in total. The average molecular weight is 353 g/mol. The number of sulfonamides is 1. The molecule has 1 heterocycles. The van der Waals surface area contributed by atoms with Crippen molar-refractivity contribution in [2.75, 3.05) is 6.54 Å². The first-order valence-electron chi connectivity index (χ1n) is 5.03. The quantitative estimate of drug-likeness (QED) is 0.484. The van der Waals surface area contributed by atoms with Crippen LogP contribution in [-0.2, 0) is 10.0 Å². The first kappa shape index (κ1) is 17.1. The highest BCUT2D eigenvalue weighted by Crippen LogP contribution is 2.36. The monoisotopic (exact) mass is 352 g/mol. The van der Waals surface area contributed by atoms with Gasteiger partial charge in [-0.15, -0.1) is 11.3 Å². The molecule has 0 unspecified atom stereocenters. The second-order valence-corrected chi connectivity index (χ2v) is 7.25. The summed E-state index contributed by atoms with van der Waals surface area (Å²) < 4.78 is 60.2. The van der Waals surface area contributed by atoms with Crippen LogP contribution in [0, 0.1) is 10.1 Å². The van der Waals surface area contributed by atoms with Crippen LogP contribution in [0.1, 0.15) is 12.8 Å². The first-order valence-corrected chi connectivity index (χ1v) is 7.71. The number of thiophene rings is 1. The van der Waals surface area contributed by atoms with Crippen LogP contribution >= 0.6 is 22.9 Å². The lowest BCUT2D eigenvalue weighted by molar-refractivity contribution is -0.384. The second-order valence-electron chi connectivity index (χ2n) is 3.60.